The summed E-state index contributed by atoms with van der Waals surface area (Å²) in [4.78, 5) is 4.13. The molecule has 2 nitrogen and oxygen atoms in total. The van der Waals surface area contributed by atoms with E-state index in [1.165, 1.54) is 5.56 Å². The molecule has 0 saturated carbocycles. The van der Waals surface area contributed by atoms with Crippen molar-refractivity contribution in [1.82, 2.24) is 4.98 Å². The number of benzene rings is 1. The van der Waals surface area contributed by atoms with Gasteiger partial charge in [0.2, 0.25) is 0 Å². The molecule has 0 aliphatic heterocycles. The van der Waals surface area contributed by atoms with Crippen molar-refractivity contribution in [2.45, 2.75) is 25.9 Å². The molecule has 2 aromatic rings. The number of aliphatic hydroxyl groups is 1. The fraction of sp³-hybridized carbons (Fsp3) is 0.267. The van der Waals surface area contributed by atoms with Gasteiger partial charge in [0, 0.05) is 11.9 Å². The summed E-state index contributed by atoms with van der Waals surface area (Å²) >= 11 is 0. The molecule has 1 heterocycles. The highest BCUT2D eigenvalue weighted by atomic mass is 16.3. The average molecular weight is 227 g/mol. The second-order valence-corrected chi connectivity index (χ2v) is 4.27. The van der Waals surface area contributed by atoms with Gasteiger partial charge in [-0.3, -0.25) is 4.98 Å². The van der Waals surface area contributed by atoms with Gasteiger partial charge in [-0.15, -0.1) is 0 Å². The van der Waals surface area contributed by atoms with Crippen molar-refractivity contribution in [3.8, 4) is 0 Å². The molecule has 0 saturated heterocycles. The Morgan fingerprint density at radius 3 is 2.65 bits per heavy atom. The Labute approximate surface area is 102 Å². The van der Waals surface area contributed by atoms with Gasteiger partial charge >= 0.3 is 0 Å². The smallest absolute Gasteiger partial charge is 0.0794 e. The molecule has 2 heteroatoms. The zero-order valence-corrected chi connectivity index (χ0v) is 10.0. The molecule has 0 fully saturated rings. The molecule has 0 radical (unpaired) electrons. The molecule has 1 N–H and O–H groups in total. The van der Waals surface area contributed by atoms with Crippen LogP contribution in [-0.4, -0.2) is 10.1 Å². The Hall–Kier alpha value is -1.67. The van der Waals surface area contributed by atoms with Gasteiger partial charge in [-0.25, -0.2) is 0 Å². The molecule has 1 atom stereocenters. The van der Waals surface area contributed by atoms with Crippen molar-refractivity contribution in [2.24, 2.45) is 0 Å². The minimum Gasteiger partial charge on any atom is -0.388 e. The minimum atomic E-state index is -0.406. The predicted molar refractivity (Wildman–Crippen MR) is 68.7 cm³/mol. The first-order valence-electron chi connectivity index (χ1n) is 5.90. The number of hydrogen-bond acceptors (Lipinski definition) is 2. The van der Waals surface area contributed by atoms with Crippen LogP contribution in [0.25, 0.3) is 0 Å². The molecule has 1 unspecified atom stereocenters. The van der Waals surface area contributed by atoms with Crippen molar-refractivity contribution in [2.75, 3.05) is 0 Å². The van der Waals surface area contributed by atoms with Crippen LogP contribution in [0.1, 0.15) is 29.3 Å². The first-order chi connectivity index (χ1) is 8.25. The van der Waals surface area contributed by atoms with Gasteiger partial charge in [0.1, 0.15) is 0 Å². The number of rotatable bonds is 4. The Kier molecular flexibility index (Phi) is 3.89. The van der Waals surface area contributed by atoms with Crippen LogP contribution in [0, 0.1) is 6.92 Å². The second-order valence-electron chi connectivity index (χ2n) is 4.27. The quantitative estimate of drug-likeness (QED) is 0.870. The van der Waals surface area contributed by atoms with E-state index < -0.39 is 6.10 Å². The van der Waals surface area contributed by atoms with E-state index in [1.807, 2.05) is 37.3 Å². The van der Waals surface area contributed by atoms with E-state index in [0.717, 1.165) is 24.1 Å². The van der Waals surface area contributed by atoms with Gasteiger partial charge in [0.25, 0.3) is 0 Å². The highest BCUT2D eigenvalue weighted by molar-refractivity contribution is 5.19. The van der Waals surface area contributed by atoms with Gasteiger partial charge in [0.05, 0.1) is 6.10 Å². The number of aryl methyl sites for hydroxylation is 2. The molecule has 88 valence electrons. The third-order valence-electron chi connectivity index (χ3n) is 2.85. The van der Waals surface area contributed by atoms with Crippen molar-refractivity contribution in [3.63, 3.8) is 0 Å². The van der Waals surface area contributed by atoms with E-state index in [1.54, 1.807) is 6.20 Å². The second kappa shape index (κ2) is 5.60. The third kappa shape index (κ3) is 3.40. The summed E-state index contributed by atoms with van der Waals surface area (Å²) in [6.07, 6.45) is 2.98. The van der Waals surface area contributed by atoms with Gasteiger partial charge < -0.3 is 5.11 Å². The Bertz CT molecular complexity index is 467. The zero-order valence-electron chi connectivity index (χ0n) is 10.0. The molecule has 1 aromatic heterocycles. The van der Waals surface area contributed by atoms with Crippen molar-refractivity contribution in [1.29, 1.82) is 0 Å². The van der Waals surface area contributed by atoms with Crippen LogP contribution in [0.3, 0.4) is 0 Å². The lowest BCUT2D eigenvalue weighted by Gasteiger charge is -2.11. The summed E-state index contributed by atoms with van der Waals surface area (Å²) < 4.78 is 0. The highest BCUT2D eigenvalue weighted by Crippen LogP contribution is 2.18. The fourth-order valence-corrected chi connectivity index (χ4v) is 1.89. The van der Waals surface area contributed by atoms with Crippen molar-refractivity contribution >= 4 is 0 Å². The first-order valence-corrected chi connectivity index (χ1v) is 5.90. The van der Waals surface area contributed by atoms with Crippen LogP contribution in [0.5, 0.6) is 0 Å². The average Bonchev–Trinajstić information content (AvgIpc) is 2.37. The van der Waals surface area contributed by atoms with E-state index in [2.05, 4.69) is 17.1 Å². The lowest BCUT2D eigenvalue weighted by Crippen LogP contribution is -2.00. The minimum absolute atomic E-state index is 0.406. The molecule has 0 bridgehead atoms. The summed E-state index contributed by atoms with van der Waals surface area (Å²) in [6, 6.07) is 14.1. The summed E-state index contributed by atoms with van der Waals surface area (Å²) in [5, 5.41) is 10.1. The molecule has 1 aromatic carbocycles. The zero-order chi connectivity index (χ0) is 12.1. The van der Waals surface area contributed by atoms with E-state index in [9.17, 15) is 5.11 Å². The molecule has 0 spiro atoms. The third-order valence-corrected chi connectivity index (χ3v) is 2.85. The molecule has 0 aliphatic carbocycles. The van der Waals surface area contributed by atoms with E-state index in [0.29, 0.717) is 0 Å². The van der Waals surface area contributed by atoms with Crippen LogP contribution in [0.15, 0.2) is 48.7 Å². The van der Waals surface area contributed by atoms with Crippen LogP contribution in [-0.2, 0) is 6.42 Å². The van der Waals surface area contributed by atoms with Gasteiger partial charge in [-0.05, 0) is 43.0 Å². The molecular weight excluding hydrogens is 210 g/mol. The topological polar surface area (TPSA) is 33.1 Å². The summed E-state index contributed by atoms with van der Waals surface area (Å²) in [5.41, 5.74) is 3.16. The van der Waals surface area contributed by atoms with Crippen molar-refractivity contribution < 1.29 is 5.11 Å². The maximum atomic E-state index is 10.1. The monoisotopic (exact) mass is 227 g/mol. The Balaban J connectivity index is 1.96. The number of pyridine rings is 1. The van der Waals surface area contributed by atoms with E-state index >= 15 is 0 Å². The molecular formula is C15H17NO. The van der Waals surface area contributed by atoms with Crippen LogP contribution in [0.2, 0.25) is 0 Å². The number of nitrogens with zero attached hydrogens (tertiary/aromatic N) is 1. The first kappa shape index (κ1) is 11.8. The van der Waals surface area contributed by atoms with Gasteiger partial charge in [0.15, 0.2) is 0 Å². The van der Waals surface area contributed by atoms with E-state index in [-0.39, 0.29) is 0 Å². The van der Waals surface area contributed by atoms with Gasteiger partial charge in [-0.1, -0.05) is 30.3 Å². The summed E-state index contributed by atoms with van der Waals surface area (Å²) in [6.45, 7) is 1.94. The number of aromatic nitrogens is 1. The molecule has 0 aliphatic rings. The van der Waals surface area contributed by atoms with Crippen LogP contribution < -0.4 is 0 Å². The maximum absolute atomic E-state index is 10.1. The lowest BCUT2D eigenvalue weighted by atomic mass is 10.0. The van der Waals surface area contributed by atoms with E-state index in [4.69, 9.17) is 0 Å². The largest absolute Gasteiger partial charge is 0.388 e. The highest BCUT2D eigenvalue weighted by Gasteiger charge is 2.07. The standard InChI is InChI=1S/C15H17NO/c1-12-11-14(9-10-16-12)15(17)8-7-13-5-3-2-4-6-13/h2-6,9-11,15,17H,7-8H2,1H3. The Morgan fingerprint density at radius 1 is 1.18 bits per heavy atom. The van der Waals surface area contributed by atoms with Crippen molar-refractivity contribution in [3.05, 3.63) is 65.5 Å². The molecule has 17 heavy (non-hydrogen) atoms. The Morgan fingerprint density at radius 2 is 1.94 bits per heavy atom. The summed E-state index contributed by atoms with van der Waals surface area (Å²) in [5.74, 6) is 0. The van der Waals surface area contributed by atoms with Crippen LogP contribution >= 0.6 is 0 Å². The van der Waals surface area contributed by atoms with Gasteiger partial charge in [-0.2, -0.15) is 0 Å². The molecule has 2 rings (SSSR count). The molecule has 0 amide bonds. The lowest BCUT2D eigenvalue weighted by molar-refractivity contribution is 0.167. The normalized spacial score (nSPS) is 12.4. The number of hydrogen-bond donors (Lipinski definition) is 1. The van der Waals surface area contributed by atoms with Crippen LogP contribution in [0.4, 0.5) is 0 Å². The predicted octanol–water partition coefficient (Wildman–Crippen LogP) is 3.06. The maximum Gasteiger partial charge on any atom is 0.0794 e. The summed E-state index contributed by atoms with van der Waals surface area (Å²) in [7, 11) is 0. The number of aliphatic hydroxyl groups excluding tert-OH is 1. The SMILES string of the molecule is Cc1cc(C(O)CCc2ccccc2)ccn1. The fourth-order valence-electron chi connectivity index (χ4n) is 1.89.